The molecular formula is C26H25FN4O2S. The van der Waals surface area contributed by atoms with E-state index < -0.39 is 0 Å². The van der Waals surface area contributed by atoms with Crippen molar-refractivity contribution in [2.75, 3.05) is 18.4 Å². The SMILES string of the molecule is Cc1nn(Cc2ccc(F)cc2)c2sc(C(=O)N3CCC(C(=O)Nc4ccccc4)CC3)cc12. The van der Waals surface area contributed by atoms with Crippen LogP contribution >= 0.6 is 11.3 Å². The lowest BCUT2D eigenvalue weighted by atomic mass is 9.95. The molecule has 4 aromatic rings. The normalized spacial score (nSPS) is 14.5. The molecule has 5 rings (SSSR count). The first-order chi connectivity index (χ1) is 16.5. The second-order valence-corrected chi connectivity index (χ2v) is 9.65. The van der Waals surface area contributed by atoms with Gasteiger partial charge < -0.3 is 10.2 Å². The topological polar surface area (TPSA) is 67.2 Å². The van der Waals surface area contributed by atoms with E-state index in [0.29, 0.717) is 37.4 Å². The van der Waals surface area contributed by atoms with Gasteiger partial charge in [0.1, 0.15) is 10.6 Å². The molecule has 1 saturated heterocycles. The largest absolute Gasteiger partial charge is 0.338 e. The predicted octanol–water partition coefficient (Wildman–Crippen LogP) is 5.08. The molecule has 1 fully saturated rings. The first-order valence-corrected chi connectivity index (χ1v) is 12.2. The minimum atomic E-state index is -0.268. The number of rotatable bonds is 5. The minimum absolute atomic E-state index is 0.00384. The van der Waals surface area contributed by atoms with E-state index in [9.17, 15) is 14.0 Å². The summed E-state index contributed by atoms with van der Waals surface area (Å²) in [6.45, 7) is 3.56. The lowest BCUT2D eigenvalue weighted by Crippen LogP contribution is -2.41. The third-order valence-electron chi connectivity index (χ3n) is 6.26. The van der Waals surface area contributed by atoms with Crippen LogP contribution in [0.4, 0.5) is 10.1 Å². The van der Waals surface area contributed by atoms with Crippen molar-refractivity contribution in [1.82, 2.24) is 14.7 Å². The molecule has 1 N–H and O–H groups in total. The Morgan fingerprint density at radius 1 is 1.09 bits per heavy atom. The van der Waals surface area contributed by atoms with Crippen LogP contribution in [-0.4, -0.2) is 39.6 Å². The highest BCUT2D eigenvalue weighted by Gasteiger charge is 2.29. The van der Waals surface area contributed by atoms with E-state index in [-0.39, 0.29) is 23.5 Å². The number of nitrogens with one attached hydrogen (secondary N) is 1. The van der Waals surface area contributed by atoms with Crippen molar-refractivity contribution in [3.8, 4) is 0 Å². The first kappa shape index (κ1) is 22.3. The number of carbonyl (C=O) groups is 2. The smallest absolute Gasteiger partial charge is 0.264 e. The molecule has 3 heterocycles. The summed E-state index contributed by atoms with van der Waals surface area (Å²) in [4.78, 5) is 29.3. The van der Waals surface area contributed by atoms with E-state index in [4.69, 9.17) is 0 Å². The van der Waals surface area contributed by atoms with Crippen molar-refractivity contribution in [2.45, 2.75) is 26.3 Å². The molecule has 8 heteroatoms. The molecule has 0 radical (unpaired) electrons. The van der Waals surface area contributed by atoms with Crippen LogP contribution in [0.15, 0.2) is 60.7 Å². The maximum Gasteiger partial charge on any atom is 0.264 e. The van der Waals surface area contributed by atoms with Crippen molar-refractivity contribution in [3.63, 3.8) is 0 Å². The fourth-order valence-electron chi connectivity index (χ4n) is 4.35. The number of carbonyl (C=O) groups excluding carboxylic acids is 2. The van der Waals surface area contributed by atoms with Crippen LogP contribution in [0.25, 0.3) is 10.2 Å². The number of hydrogen-bond donors (Lipinski definition) is 1. The number of fused-ring (bicyclic) bond motifs is 1. The number of likely N-dealkylation sites (tertiary alicyclic amines) is 1. The van der Waals surface area contributed by atoms with Crippen molar-refractivity contribution in [2.24, 2.45) is 5.92 Å². The molecule has 6 nitrogen and oxygen atoms in total. The summed E-state index contributed by atoms with van der Waals surface area (Å²) in [5.74, 6) is -0.360. The Balaban J connectivity index is 1.25. The third-order valence-corrected chi connectivity index (χ3v) is 7.39. The van der Waals surface area contributed by atoms with Crippen LogP contribution in [0, 0.1) is 18.7 Å². The fourth-order valence-corrected chi connectivity index (χ4v) is 5.48. The van der Waals surface area contributed by atoms with Crippen molar-refractivity contribution < 1.29 is 14.0 Å². The summed E-state index contributed by atoms with van der Waals surface area (Å²) in [5, 5.41) is 8.54. The average Bonchev–Trinajstić information content (AvgIpc) is 3.42. The molecule has 2 aromatic carbocycles. The summed E-state index contributed by atoms with van der Waals surface area (Å²) < 4.78 is 15.1. The second kappa shape index (κ2) is 9.38. The number of amides is 2. The van der Waals surface area contributed by atoms with Gasteiger partial charge in [-0.05, 0) is 55.7 Å². The van der Waals surface area contributed by atoms with Gasteiger partial charge in [0.25, 0.3) is 5.91 Å². The molecule has 0 saturated carbocycles. The number of aryl methyl sites for hydroxylation is 1. The Morgan fingerprint density at radius 3 is 2.50 bits per heavy atom. The Morgan fingerprint density at radius 2 is 1.79 bits per heavy atom. The third kappa shape index (κ3) is 4.59. The van der Waals surface area contributed by atoms with E-state index in [2.05, 4.69) is 10.4 Å². The Hall–Kier alpha value is -3.52. The molecule has 0 aliphatic carbocycles. The van der Waals surface area contributed by atoms with Crippen LogP contribution in [0.3, 0.4) is 0 Å². The zero-order valence-electron chi connectivity index (χ0n) is 18.8. The molecule has 2 amide bonds. The quantitative estimate of drug-likeness (QED) is 0.437. The van der Waals surface area contributed by atoms with E-state index in [1.54, 1.807) is 12.1 Å². The van der Waals surface area contributed by atoms with Crippen LogP contribution in [0.5, 0.6) is 0 Å². The number of piperidine rings is 1. The standard InChI is InChI=1S/C26H25FN4O2S/c1-17-22-15-23(34-26(22)31(29-17)16-18-7-9-20(27)10-8-18)25(33)30-13-11-19(12-14-30)24(32)28-21-5-3-2-4-6-21/h2-10,15,19H,11-14,16H2,1H3,(H,28,32). The number of halogens is 1. The van der Waals surface area contributed by atoms with Crippen molar-refractivity contribution >= 4 is 39.1 Å². The molecule has 1 aliphatic heterocycles. The number of anilines is 1. The predicted molar refractivity (Wildman–Crippen MR) is 132 cm³/mol. The number of nitrogens with zero attached hydrogens (tertiary/aromatic N) is 3. The molecule has 2 aromatic heterocycles. The average molecular weight is 477 g/mol. The second-order valence-electron chi connectivity index (χ2n) is 8.62. The summed E-state index contributed by atoms with van der Waals surface area (Å²) >= 11 is 1.43. The summed E-state index contributed by atoms with van der Waals surface area (Å²) in [7, 11) is 0. The van der Waals surface area contributed by atoms with Gasteiger partial charge >= 0.3 is 0 Å². The number of benzene rings is 2. The molecule has 0 spiro atoms. The van der Waals surface area contributed by atoms with Gasteiger partial charge in [-0.3, -0.25) is 14.3 Å². The Labute approximate surface area is 201 Å². The summed E-state index contributed by atoms with van der Waals surface area (Å²) in [5.41, 5.74) is 2.60. The van der Waals surface area contributed by atoms with Crippen LogP contribution in [0.2, 0.25) is 0 Å². The molecule has 0 bridgehead atoms. The number of thiophene rings is 1. The number of aromatic nitrogens is 2. The van der Waals surface area contributed by atoms with Gasteiger partial charge in [-0.25, -0.2) is 4.39 Å². The monoisotopic (exact) mass is 476 g/mol. The lowest BCUT2D eigenvalue weighted by molar-refractivity contribution is -0.121. The molecule has 174 valence electrons. The van der Waals surface area contributed by atoms with Gasteiger partial charge in [-0.2, -0.15) is 5.10 Å². The van der Waals surface area contributed by atoms with E-state index in [0.717, 1.165) is 27.2 Å². The highest BCUT2D eigenvalue weighted by molar-refractivity contribution is 7.20. The molecule has 0 atom stereocenters. The van der Waals surface area contributed by atoms with Crippen LogP contribution in [0.1, 0.15) is 33.8 Å². The van der Waals surface area contributed by atoms with Gasteiger partial charge in [-0.15, -0.1) is 11.3 Å². The van der Waals surface area contributed by atoms with Crippen molar-refractivity contribution in [1.29, 1.82) is 0 Å². The van der Waals surface area contributed by atoms with Crippen molar-refractivity contribution in [3.05, 3.63) is 82.6 Å². The first-order valence-electron chi connectivity index (χ1n) is 11.3. The van der Waals surface area contributed by atoms with Crippen LogP contribution in [-0.2, 0) is 11.3 Å². The molecule has 34 heavy (non-hydrogen) atoms. The van der Waals surface area contributed by atoms with E-state index in [1.807, 2.05) is 52.9 Å². The molecule has 1 aliphatic rings. The number of para-hydroxylation sites is 1. The highest BCUT2D eigenvalue weighted by Crippen LogP contribution is 2.31. The maximum atomic E-state index is 13.2. The van der Waals surface area contributed by atoms with Gasteiger partial charge in [0, 0.05) is 30.1 Å². The van der Waals surface area contributed by atoms with Gasteiger partial charge in [0.2, 0.25) is 5.91 Å². The zero-order valence-corrected chi connectivity index (χ0v) is 19.6. The van der Waals surface area contributed by atoms with Gasteiger partial charge in [0.15, 0.2) is 0 Å². The van der Waals surface area contributed by atoms with Gasteiger partial charge in [-0.1, -0.05) is 30.3 Å². The molecular weight excluding hydrogens is 451 g/mol. The Bertz CT molecular complexity index is 1320. The van der Waals surface area contributed by atoms with Gasteiger partial charge in [0.05, 0.1) is 17.1 Å². The number of hydrogen-bond acceptors (Lipinski definition) is 4. The van der Waals surface area contributed by atoms with Crippen LogP contribution < -0.4 is 5.32 Å². The van der Waals surface area contributed by atoms with E-state index >= 15 is 0 Å². The molecule has 0 unspecified atom stereocenters. The Kier molecular flexibility index (Phi) is 6.15. The fraction of sp³-hybridized carbons (Fsp3) is 0.269. The summed E-state index contributed by atoms with van der Waals surface area (Å²) in [6.07, 6.45) is 1.29. The maximum absolute atomic E-state index is 13.2. The summed E-state index contributed by atoms with van der Waals surface area (Å²) in [6, 6.07) is 17.7. The zero-order chi connectivity index (χ0) is 23.7. The van der Waals surface area contributed by atoms with E-state index in [1.165, 1.54) is 23.5 Å². The lowest BCUT2D eigenvalue weighted by Gasteiger charge is -2.31. The minimum Gasteiger partial charge on any atom is -0.338 e. The highest BCUT2D eigenvalue weighted by atomic mass is 32.1.